The molecule has 2 aliphatic heterocycles. The van der Waals surface area contributed by atoms with Gasteiger partial charge >= 0.3 is 0 Å². The van der Waals surface area contributed by atoms with Crippen LogP contribution in [0.5, 0.6) is 0 Å². The molecule has 3 aliphatic rings. The predicted octanol–water partition coefficient (Wildman–Crippen LogP) is 4.09. The van der Waals surface area contributed by atoms with E-state index in [9.17, 15) is 23.2 Å². The van der Waals surface area contributed by atoms with E-state index in [2.05, 4.69) is 25.2 Å². The number of hydrogen-bond donors (Lipinski definition) is 1. The number of hydrogen-bond acceptors (Lipinski definition) is 7. The molecule has 0 atom stereocenters. The molecule has 13 heteroatoms. The zero-order valence-corrected chi connectivity index (χ0v) is 22.9. The number of alkyl halides is 2. The number of anilines is 1. The Morgan fingerprint density at radius 1 is 1.17 bits per heavy atom. The zero-order chi connectivity index (χ0) is 28.9. The number of para-hydroxylation sites is 1. The number of rotatable bonds is 6. The monoisotopic (exact) mass is 584 g/mol. The molecule has 0 unspecified atom stereocenters. The van der Waals surface area contributed by atoms with E-state index in [1.165, 1.54) is 6.07 Å². The number of likely N-dealkylation sites (tertiary alicyclic amines) is 1. The quantitative estimate of drug-likeness (QED) is 0.463. The number of carbonyl (C=O) groups is 3. The first-order valence-electron chi connectivity index (χ1n) is 13.4. The van der Waals surface area contributed by atoms with Crippen molar-refractivity contribution >= 4 is 35.0 Å². The van der Waals surface area contributed by atoms with Crippen LogP contribution in [0.3, 0.4) is 0 Å². The molecule has 10 nitrogen and oxygen atoms in total. The topological polar surface area (TPSA) is 122 Å². The first-order valence-corrected chi connectivity index (χ1v) is 13.8. The maximum atomic E-state index is 13.8. The minimum atomic E-state index is -2.89. The lowest BCUT2D eigenvalue weighted by molar-refractivity contribution is -0.128. The SMILES string of the molecule is Cc1nonc1C(=O)N1CC2(C1)C(=O)N(C[C@H]1CC[C@H](NC(=O)c3cc(Cl)cnc3C(F)F)CC1)c1ccccc12. The normalized spacial score (nSPS) is 21.2. The van der Waals surface area contributed by atoms with Crippen molar-refractivity contribution in [1.29, 1.82) is 0 Å². The van der Waals surface area contributed by atoms with E-state index in [1.54, 1.807) is 11.8 Å². The van der Waals surface area contributed by atoms with Crippen LogP contribution in [-0.4, -0.2) is 63.6 Å². The Morgan fingerprint density at radius 2 is 1.90 bits per heavy atom. The van der Waals surface area contributed by atoms with Crippen molar-refractivity contribution in [1.82, 2.24) is 25.5 Å². The van der Waals surface area contributed by atoms with Crippen LogP contribution in [0.1, 0.15) is 69.9 Å². The van der Waals surface area contributed by atoms with Gasteiger partial charge in [-0.15, -0.1) is 0 Å². The minimum Gasteiger partial charge on any atom is -0.349 e. The molecule has 0 bridgehead atoms. The van der Waals surface area contributed by atoms with Crippen molar-refractivity contribution in [2.24, 2.45) is 5.92 Å². The number of carbonyl (C=O) groups excluding carboxylic acids is 3. The number of nitrogens with one attached hydrogen (secondary N) is 1. The number of halogens is 3. The van der Waals surface area contributed by atoms with Gasteiger partial charge in [-0.3, -0.25) is 19.4 Å². The third-order valence-electron chi connectivity index (χ3n) is 8.39. The van der Waals surface area contributed by atoms with Crippen LogP contribution in [0.25, 0.3) is 0 Å². The highest BCUT2D eigenvalue weighted by atomic mass is 35.5. The van der Waals surface area contributed by atoms with Crippen LogP contribution >= 0.6 is 11.6 Å². The summed E-state index contributed by atoms with van der Waals surface area (Å²) in [6.45, 7) is 2.67. The van der Waals surface area contributed by atoms with Crippen molar-refractivity contribution in [3.63, 3.8) is 0 Å². The van der Waals surface area contributed by atoms with Crippen LogP contribution in [0, 0.1) is 12.8 Å². The number of nitrogens with zero attached hydrogens (tertiary/aromatic N) is 5. The lowest BCUT2D eigenvalue weighted by Gasteiger charge is -2.46. The average molecular weight is 585 g/mol. The smallest absolute Gasteiger partial charge is 0.281 e. The largest absolute Gasteiger partial charge is 0.349 e. The Bertz CT molecular complexity index is 1520. The van der Waals surface area contributed by atoms with Crippen LogP contribution in [0.2, 0.25) is 5.02 Å². The molecular formula is C28H27ClF2N6O4. The molecule has 1 spiro atoms. The second kappa shape index (κ2) is 10.5. The number of amides is 3. The summed E-state index contributed by atoms with van der Waals surface area (Å²) in [5.74, 6) is -0.764. The number of fused-ring (bicyclic) bond motifs is 2. The highest BCUT2D eigenvalue weighted by Gasteiger charge is 2.59. The van der Waals surface area contributed by atoms with Crippen LogP contribution in [0.15, 0.2) is 41.2 Å². The van der Waals surface area contributed by atoms with Gasteiger partial charge in [0.1, 0.15) is 16.8 Å². The van der Waals surface area contributed by atoms with Crippen molar-refractivity contribution in [3.05, 3.63) is 69.8 Å². The Labute approximate surface area is 239 Å². The molecule has 2 fully saturated rings. The summed E-state index contributed by atoms with van der Waals surface area (Å²) in [4.78, 5) is 46.6. The molecule has 0 radical (unpaired) electrons. The molecule has 214 valence electrons. The van der Waals surface area contributed by atoms with Gasteiger partial charge in [0.15, 0.2) is 5.69 Å². The van der Waals surface area contributed by atoms with Gasteiger partial charge in [-0.1, -0.05) is 35.0 Å². The summed E-state index contributed by atoms with van der Waals surface area (Å²) < 4.78 is 31.4. The Balaban J connectivity index is 1.09. The maximum absolute atomic E-state index is 13.8. The fourth-order valence-electron chi connectivity index (χ4n) is 6.22. The Hall–Kier alpha value is -3.93. The minimum absolute atomic E-state index is 0.0267. The van der Waals surface area contributed by atoms with Gasteiger partial charge in [-0.05, 0) is 61.4 Å². The molecule has 1 N–H and O–H groups in total. The first kappa shape index (κ1) is 27.3. The van der Waals surface area contributed by atoms with Gasteiger partial charge in [0.2, 0.25) is 5.91 Å². The maximum Gasteiger partial charge on any atom is 0.281 e. The second-order valence-electron chi connectivity index (χ2n) is 11.0. The van der Waals surface area contributed by atoms with E-state index in [-0.39, 0.29) is 53.1 Å². The van der Waals surface area contributed by atoms with E-state index in [1.807, 2.05) is 29.2 Å². The lowest BCUT2D eigenvalue weighted by atomic mass is 9.74. The number of aromatic nitrogens is 3. The van der Waals surface area contributed by atoms with Gasteiger partial charge in [-0.2, -0.15) is 0 Å². The molecule has 1 saturated heterocycles. The highest BCUT2D eigenvalue weighted by Crippen LogP contribution is 2.48. The van der Waals surface area contributed by atoms with E-state index in [4.69, 9.17) is 11.6 Å². The summed E-state index contributed by atoms with van der Waals surface area (Å²) in [5.41, 5.74) is 0.711. The molecule has 4 heterocycles. The molecule has 6 rings (SSSR count). The molecule has 1 aromatic carbocycles. The third-order valence-corrected chi connectivity index (χ3v) is 8.59. The lowest BCUT2D eigenvalue weighted by Crippen LogP contribution is -2.65. The summed E-state index contributed by atoms with van der Waals surface area (Å²) in [6.07, 6.45) is 1.01. The van der Waals surface area contributed by atoms with Crippen molar-refractivity contribution in [2.45, 2.75) is 50.5 Å². The van der Waals surface area contributed by atoms with Crippen molar-refractivity contribution in [3.8, 4) is 0 Å². The number of benzene rings is 1. The fraction of sp³-hybridized carbons (Fsp3) is 0.429. The first-order chi connectivity index (χ1) is 19.7. The summed E-state index contributed by atoms with van der Waals surface area (Å²) in [7, 11) is 0. The molecule has 2 aromatic heterocycles. The standard InChI is InChI=1S/C28H27ClF2N6O4/c1-15-22(35-41-34-15)26(39)36-13-28(14-36)20-4-2-3-5-21(20)37(27(28)40)12-16-6-8-18(9-7-16)33-25(38)19-10-17(29)11-32-23(19)24(30)31/h2-5,10-11,16,18,24H,6-9,12-14H2,1H3,(H,33,38)/t16-,18-. The van der Waals surface area contributed by atoms with E-state index in [0.29, 0.717) is 25.1 Å². The van der Waals surface area contributed by atoms with Gasteiger partial charge < -0.3 is 15.1 Å². The summed E-state index contributed by atoms with van der Waals surface area (Å²) >= 11 is 5.90. The third kappa shape index (κ3) is 4.73. The highest BCUT2D eigenvalue weighted by molar-refractivity contribution is 6.30. The van der Waals surface area contributed by atoms with Crippen LogP contribution in [-0.2, 0) is 10.2 Å². The molecule has 1 aliphatic carbocycles. The fourth-order valence-corrected chi connectivity index (χ4v) is 6.38. The van der Waals surface area contributed by atoms with Crippen LogP contribution in [0.4, 0.5) is 14.5 Å². The molecule has 41 heavy (non-hydrogen) atoms. The molecule has 1 saturated carbocycles. The van der Waals surface area contributed by atoms with Crippen LogP contribution < -0.4 is 10.2 Å². The zero-order valence-electron chi connectivity index (χ0n) is 22.1. The molecule has 3 aromatic rings. The average Bonchev–Trinajstić information content (AvgIpc) is 3.47. The number of aryl methyl sites for hydroxylation is 1. The van der Waals surface area contributed by atoms with E-state index < -0.39 is 23.4 Å². The van der Waals surface area contributed by atoms with Gasteiger partial charge in [0, 0.05) is 37.6 Å². The molecule has 3 amide bonds. The van der Waals surface area contributed by atoms with E-state index >= 15 is 0 Å². The van der Waals surface area contributed by atoms with Gasteiger partial charge in [0.05, 0.1) is 10.6 Å². The Morgan fingerprint density at radius 3 is 2.59 bits per heavy atom. The van der Waals surface area contributed by atoms with Gasteiger partial charge in [-0.25, -0.2) is 13.4 Å². The molecular weight excluding hydrogens is 558 g/mol. The second-order valence-corrected chi connectivity index (χ2v) is 11.4. The van der Waals surface area contributed by atoms with Crippen molar-refractivity contribution < 1.29 is 27.8 Å². The number of pyridine rings is 1. The predicted molar refractivity (Wildman–Crippen MR) is 143 cm³/mol. The van der Waals surface area contributed by atoms with Gasteiger partial charge in [0.25, 0.3) is 18.2 Å². The summed E-state index contributed by atoms with van der Waals surface area (Å²) in [5, 5.41) is 10.3. The van der Waals surface area contributed by atoms with Crippen molar-refractivity contribution in [2.75, 3.05) is 24.5 Å². The van der Waals surface area contributed by atoms with E-state index in [0.717, 1.165) is 30.3 Å². The Kier molecular flexibility index (Phi) is 6.96. The summed E-state index contributed by atoms with van der Waals surface area (Å²) in [6, 6.07) is 8.71.